The van der Waals surface area contributed by atoms with Gasteiger partial charge in [-0.3, -0.25) is 4.79 Å². The van der Waals surface area contributed by atoms with Gasteiger partial charge in [-0.1, -0.05) is 36.7 Å². The highest BCUT2D eigenvalue weighted by molar-refractivity contribution is 6.31. The summed E-state index contributed by atoms with van der Waals surface area (Å²) in [7, 11) is 0. The molecule has 15 heavy (non-hydrogen) atoms. The van der Waals surface area contributed by atoms with Crippen LogP contribution in [0.3, 0.4) is 0 Å². The van der Waals surface area contributed by atoms with Gasteiger partial charge in [0, 0.05) is 23.8 Å². The minimum atomic E-state index is 0.0474. The van der Waals surface area contributed by atoms with Crippen molar-refractivity contribution in [2.24, 2.45) is 5.73 Å². The molecule has 0 aliphatic carbocycles. The zero-order valence-corrected chi connectivity index (χ0v) is 9.63. The maximum absolute atomic E-state index is 11.4. The van der Waals surface area contributed by atoms with Crippen molar-refractivity contribution >= 4 is 17.4 Å². The summed E-state index contributed by atoms with van der Waals surface area (Å²) in [6.45, 7) is 2.32. The number of hydrogen-bond donors (Lipinski definition) is 1. The molecule has 0 bridgehead atoms. The molecule has 1 aromatic rings. The van der Waals surface area contributed by atoms with Crippen LogP contribution in [0.15, 0.2) is 24.3 Å². The van der Waals surface area contributed by atoms with E-state index >= 15 is 0 Å². The van der Waals surface area contributed by atoms with E-state index in [1.165, 1.54) is 0 Å². The number of halogens is 1. The van der Waals surface area contributed by atoms with Crippen molar-refractivity contribution in [3.05, 3.63) is 34.9 Å². The number of benzene rings is 1. The van der Waals surface area contributed by atoms with Crippen LogP contribution in [0, 0.1) is 0 Å². The topological polar surface area (TPSA) is 43.1 Å². The smallest absolute Gasteiger partial charge is 0.133 e. The third-order valence-corrected chi connectivity index (χ3v) is 2.84. The summed E-state index contributed by atoms with van der Waals surface area (Å²) in [6.07, 6.45) is 1.04. The quantitative estimate of drug-likeness (QED) is 0.838. The molecule has 0 spiro atoms. The van der Waals surface area contributed by atoms with Gasteiger partial charge in [0.2, 0.25) is 0 Å². The normalized spacial score (nSPS) is 12.5. The number of Topliss-reactive ketones (excluding diaryl/α,β-unsaturated/α-hetero) is 1. The average Bonchev–Trinajstić information content (AvgIpc) is 2.26. The van der Waals surface area contributed by atoms with Crippen LogP contribution >= 0.6 is 11.6 Å². The van der Waals surface area contributed by atoms with E-state index < -0.39 is 0 Å². The lowest BCUT2D eigenvalue weighted by atomic mass is 9.93. The number of carbonyl (C=O) groups is 1. The first-order valence-corrected chi connectivity index (χ1v) is 5.53. The van der Waals surface area contributed by atoms with Crippen molar-refractivity contribution in [3.63, 3.8) is 0 Å². The lowest BCUT2D eigenvalue weighted by Gasteiger charge is -2.15. The number of nitrogens with two attached hydrogens (primary N) is 1. The molecule has 0 aliphatic rings. The summed E-state index contributed by atoms with van der Waals surface area (Å²) in [5.74, 6) is 0.275. The van der Waals surface area contributed by atoms with Gasteiger partial charge in [-0.05, 0) is 18.2 Å². The standard InChI is InChI=1S/C12H16ClNO/c1-2-10(15)7-9(8-14)11-5-3-4-6-12(11)13/h3-6,9H,2,7-8,14H2,1H3/t9-/m0/s1. The number of hydrogen-bond acceptors (Lipinski definition) is 2. The predicted molar refractivity (Wildman–Crippen MR) is 63.2 cm³/mol. The Kier molecular flexibility index (Phi) is 4.79. The van der Waals surface area contributed by atoms with E-state index in [0.29, 0.717) is 24.4 Å². The summed E-state index contributed by atoms with van der Waals surface area (Å²) >= 11 is 6.06. The molecular weight excluding hydrogens is 210 g/mol. The first kappa shape index (κ1) is 12.2. The van der Waals surface area contributed by atoms with E-state index in [-0.39, 0.29) is 11.7 Å². The number of ketones is 1. The average molecular weight is 226 g/mol. The van der Waals surface area contributed by atoms with Gasteiger partial charge in [0.15, 0.2) is 0 Å². The molecule has 1 aromatic carbocycles. The van der Waals surface area contributed by atoms with E-state index in [9.17, 15) is 4.79 Å². The van der Waals surface area contributed by atoms with Gasteiger partial charge in [-0.2, -0.15) is 0 Å². The summed E-state index contributed by atoms with van der Waals surface area (Å²) < 4.78 is 0. The summed E-state index contributed by atoms with van der Waals surface area (Å²) in [6, 6.07) is 7.56. The Bertz CT molecular complexity index is 338. The number of rotatable bonds is 5. The van der Waals surface area contributed by atoms with Gasteiger partial charge in [-0.15, -0.1) is 0 Å². The van der Waals surface area contributed by atoms with Gasteiger partial charge in [-0.25, -0.2) is 0 Å². The van der Waals surface area contributed by atoms with E-state index in [4.69, 9.17) is 17.3 Å². The molecule has 0 radical (unpaired) electrons. The molecule has 0 saturated heterocycles. The first-order valence-electron chi connectivity index (χ1n) is 5.15. The highest BCUT2D eigenvalue weighted by Gasteiger charge is 2.15. The van der Waals surface area contributed by atoms with Crippen molar-refractivity contribution in [3.8, 4) is 0 Å². The maximum Gasteiger partial charge on any atom is 0.133 e. The zero-order chi connectivity index (χ0) is 11.3. The molecule has 0 heterocycles. The van der Waals surface area contributed by atoms with Crippen LogP contribution in [-0.2, 0) is 4.79 Å². The van der Waals surface area contributed by atoms with Crippen LogP contribution in [0.25, 0.3) is 0 Å². The first-order chi connectivity index (χ1) is 7.19. The molecule has 3 heteroatoms. The zero-order valence-electron chi connectivity index (χ0n) is 8.87. The fourth-order valence-corrected chi connectivity index (χ4v) is 1.84. The number of carbonyl (C=O) groups excluding carboxylic acids is 1. The highest BCUT2D eigenvalue weighted by atomic mass is 35.5. The van der Waals surface area contributed by atoms with Gasteiger partial charge >= 0.3 is 0 Å². The van der Waals surface area contributed by atoms with Gasteiger partial charge in [0.1, 0.15) is 5.78 Å². The molecule has 0 saturated carbocycles. The predicted octanol–water partition coefficient (Wildman–Crippen LogP) is 2.75. The maximum atomic E-state index is 11.4. The summed E-state index contributed by atoms with van der Waals surface area (Å²) in [5, 5.41) is 0.692. The molecule has 2 nitrogen and oxygen atoms in total. The van der Waals surface area contributed by atoms with E-state index in [1.807, 2.05) is 31.2 Å². The Morgan fingerprint density at radius 1 is 1.47 bits per heavy atom. The molecule has 1 rings (SSSR count). The van der Waals surface area contributed by atoms with Crippen molar-refractivity contribution in [2.45, 2.75) is 25.7 Å². The van der Waals surface area contributed by atoms with E-state index in [2.05, 4.69) is 0 Å². The molecular formula is C12H16ClNO. The van der Waals surface area contributed by atoms with Crippen LogP contribution < -0.4 is 5.73 Å². The second kappa shape index (κ2) is 5.89. The van der Waals surface area contributed by atoms with Crippen LogP contribution in [0.2, 0.25) is 5.02 Å². The molecule has 0 aliphatic heterocycles. The SMILES string of the molecule is CCC(=O)C[C@@H](CN)c1ccccc1Cl. The monoisotopic (exact) mass is 225 g/mol. The van der Waals surface area contributed by atoms with Crippen molar-refractivity contribution in [1.82, 2.24) is 0 Å². The molecule has 0 fully saturated rings. The molecule has 0 unspecified atom stereocenters. The molecule has 82 valence electrons. The fourth-order valence-electron chi connectivity index (χ4n) is 1.55. The van der Waals surface area contributed by atoms with Gasteiger partial charge in [0.05, 0.1) is 0 Å². The molecule has 0 amide bonds. The molecule has 0 aromatic heterocycles. The Morgan fingerprint density at radius 2 is 2.13 bits per heavy atom. The van der Waals surface area contributed by atoms with E-state index in [0.717, 1.165) is 5.56 Å². The molecule has 1 atom stereocenters. The Morgan fingerprint density at radius 3 is 2.67 bits per heavy atom. The second-order valence-corrected chi connectivity index (χ2v) is 3.96. The summed E-state index contributed by atoms with van der Waals surface area (Å²) in [5.41, 5.74) is 6.64. The lowest BCUT2D eigenvalue weighted by Crippen LogP contribution is -2.16. The van der Waals surface area contributed by atoms with Crippen LogP contribution in [0.4, 0.5) is 0 Å². The largest absolute Gasteiger partial charge is 0.330 e. The highest BCUT2D eigenvalue weighted by Crippen LogP contribution is 2.26. The van der Waals surface area contributed by atoms with Crippen molar-refractivity contribution in [2.75, 3.05) is 6.54 Å². The molecule has 2 N–H and O–H groups in total. The lowest BCUT2D eigenvalue weighted by molar-refractivity contribution is -0.119. The Balaban J connectivity index is 2.83. The third kappa shape index (κ3) is 3.33. The third-order valence-electron chi connectivity index (χ3n) is 2.50. The fraction of sp³-hybridized carbons (Fsp3) is 0.417. The summed E-state index contributed by atoms with van der Waals surface area (Å²) in [4.78, 5) is 11.4. The van der Waals surface area contributed by atoms with Crippen LogP contribution in [0.1, 0.15) is 31.2 Å². The van der Waals surface area contributed by atoms with Gasteiger partial charge in [0.25, 0.3) is 0 Å². The van der Waals surface area contributed by atoms with E-state index in [1.54, 1.807) is 0 Å². The van der Waals surface area contributed by atoms with Crippen molar-refractivity contribution in [1.29, 1.82) is 0 Å². The van der Waals surface area contributed by atoms with Gasteiger partial charge < -0.3 is 5.73 Å². The van der Waals surface area contributed by atoms with Crippen molar-refractivity contribution < 1.29 is 4.79 Å². The minimum absolute atomic E-state index is 0.0474. The Labute approximate surface area is 95.4 Å². The van der Waals surface area contributed by atoms with Crippen LogP contribution in [-0.4, -0.2) is 12.3 Å². The second-order valence-electron chi connectivity index (χ2n) is 3.55. The Hall–Kier alpha value is -0.860. The van der Waals surface area contributed by atoms with Crippen LogP contribution in [0.5, 0.6) is 0 Å². The minimum Gasteiger partial charge on any atom is -0.330 e.